The maximum absolute atomic E-state index is 12.3. The molecule has 0 bridgehead atoms. The average molecular weight is 375 g/mol. The Labute approximate surface area is 120 Å². The fourth-order valence-electron chi connectivity index (χ4n) is 1.49. The Morgan fingerprint density at radius 1 is 1.35 bits per heavy atom. The summed E-state index contributed by atoms with van der Waals surface area (Å²) in [5.74, 6) is 0.00574. The van der Waals surface area contributed by atoms with Gasteiger partial charge in [-0.05, 0) is 56.5 Å². The van der Waals surface area contributed by atoms with E-state index in [1.165, 1.54) is 11.3 Å². The summed E-state index contributed by atoms with van der Waals surface area (Å²) in [6, 6.07) is 7.22. The molecule has 0 atom stereocenters. The first-order chi connectivity index (χ1) is 8.00. The van der Waals surface area contributed by atoms with Gasteiger partial charge in [0, 0.05) is 15.7 Å². The molecule has 88 valence electrons. The Morgan fingerprint density at radius 3 is 2.65 bits per heavy atom. The van der Waals surface area contributed by atoms with E-state index in [2.05, 4.69) is 31.9 Å². The fraction of sp³-hybridized carbons (Fsp3) is 0.0833. The first kappa shape index (κ1) is 12.8. The van der Waals surface area contributed by atoms with Crippen LogP contribution in [0.3, 0.4) is 0 Å². The molecule has 1 heterocycles. The third-order valence-electron chi connectivity index (χ3n) is 2.49. The van der Waals surface area contributed by atoms with Crippen molar-refractivity contribution >= 4 is 54.7 Å². The highest BCUT2D eigenvalue weighted by atomic mass is 79.9. The van der Waals surface area contributed by atoms with Gasteiger partial charge in [-0.3, -0.25) is 4.79 Å². The molecule has 0 saturated carbocycles. The minimum Gasteiger partial charge on any atom is -0.398 e. The molecule has 5 heteroatoms. The van der Waals surface area contributed by atoms with Crippen LogP contribution < -0.4 is 5.73 Å². The SMILES string of the molecule is Cc1c(N)cccc1C(=O)c1cc(Br)c(Br)s1. The molecule has 0 aliphatic rings. The Kier molecular flexibility index (Phi) is 3.70. The monoisotopic (exact) mass is 373 g/mol. The Hall–Kier alpha value is -0.650. The standard InChI is InChI=1S/C12H9Br2NOS/c1-6-7(3-2-4-9(6)15)11(16)10-5-8(13)12(14)17-10/h2-5H,15H2,1H3. The molecule has 2 aromatic rings. The number of benzene rings is 1. The van der Waals surface area contributed by atoms with Crippen LogP contribution in [-0.4, -0.2) is 5.78 Å². The van der Waals surface area contributed by atoms with Gasteiger partial charge in [-0.25, -0.2) is 0 Å². The molecule has 1 aromatic heterocycles. The number of carbonyl (C=O) groups excluding carboxylic acids is 1. The number of nitrogens with two attached hydrogens (primary N) is 1. The number of ketones is 1. The lowest BCUT2D eigenvalue weighted by atomic mass is 10.0. The highest BCUT2D eigenvalue weighted by Gasteiger charge is 2.16. The van der Waals surface area contributed by atoms with Crippen molar-refractivity contribution in [3.05, 3.63) is 48.5 Å². The van der Waals surface area contributed by atoms with Gasteiger partial charge in [-0.2, -0.15) is 0 Å². The molecule has 0 spiro atoms. The van der Waals surface area contributed by atoms with Gasteiger partial charge >= 0.3 is 0 Å². The predicted molar refractivity (Wildman–Crippen MR) is 78.7 cm³/mol. The normalized spacial score (nSPS) is 10.5. The van der Waals surface area contributed by atoms with Gasteiger partial charge in [0.15, 0.2) is 0 Å². The van der Waals surface area contributed by atoms with E-state index in [1.807, 2.05) is 13.0 Å². The molecular formula is C12H9Br2NOS. The molecule has 0 amide bonds. The number of anilines is 1. The van der Waals surface area contributed by atoms with E-state index in [9.17, 15) is 4.79 Å². The number of rotatable bonds is 2. The van der Waals surface area contributed by atoms with Crippen molar-refractivity contribution in [2.24, 2.45) is 0 Å². The number of hydrogen-bond donors (Lipinski definition) is 1. The van der Waals surface area contributed by atoms with Crippen molar-refractivity contribution in [1.82, 2.24) is 0 Å². The topological polar surface area (TPSA) is 43.1 Å². The molecule has 0 aliphatic heterocycles. The predicted octanol–water partition coefficient (Wildman–Crippen LogP) is 4.39. The largest absolute Gasteiger partial charge is 0.398 e. The van der Waals surface area contributed by atoms with E-state index < -0.39 is 0 Å². The van der Waals surface area contributed by atoms with Crippen molar-refractivity contribution in [2.45, 2.75) is 6.92 Å². The van der Waals surface area contributed by atoms with Crippen LogP contribution in [0.4, 0.5) is 5.69 Å². The summed E-state index contributed by atoms with van der Waals surface area (Å²) < 4.78 is 1.81. The second-order valence-electron chi connectivity index (χ2n) is 3.58. The summed E-state index contributed by atoms with van der Waals surface area (Å²) in [5.41, 5.74) is 7.94. The summed E-state index contributed by atoms with van der Waals surface area (Å²) in [7, 11) is 0. The maximum Gasteiger partial charge on any atom is 0.203 e. The summed E-state index contributed by atoms with van der Waals surface area (Å²) in [6.45, 7) is 1.86. The molecule has 2 rings (SSSR count). The van der Waals surface area contributed by atoms with Crippen LogP contribution in [0.25, 0.3) is 0 Å². The third kappa shape index (κ3) is 2.46. The Balaban J connectivity index is 2.47. The molecule has 0 saturated heterocycles. The molecule has 0 fully saturated rings. The van der Waals surface area contributed by atoms with Crippen LogP contribution in [0, 0.1) is 6.92 Å². The van der Waals surface area contributed by atoms with E-state index in [1.54, 1.807) is 18.2 Å². The van der Waals surface area contributed by atoms with Crippen LogP contribution in [0.2, 0.25) is 0 Å². The first-order valence-corrected chi connectivity index (χ1v) is 7.25. The highest BCUT2D eigenvalue weighted by molar-refractivity contribution is 9.13. The van der Waals surface area contributed by atoms with Gasteiger partial charge in [0.05, 0.1) is 8.66 Å². The maximum atomic E-state index is 12.3. The molecule has 0 unspecified atom stereocenters. The number of halogens is 2. The average Bonchev–Trinajstić information content (AvgIpc) is 2.62. The van der Waals surface area contributed by atoms with E-state index >= 15 is 0 Å². The van der Waals surface area contributed by atoms with Crippen LogP contribution in [0.15, 0.2) is 32.5 Å². The Morgan fingerprint density at radius 2 is 2.06 bits per heavy atom. The molecule has 2 N–H and O–H groups in total. The van der Waals surface area contributed by atoms with Crippen molar-refractivity contribution in [3.8, 4) is 0 Å². The second-order valence-corrected chi connectivity index (χ2v) is 6.81. The summed E-state index contributed by atoms with van der Waals surface area (Å²) in [4.78, 5) is 13.0. The quantitative estimate of drug-likeness (QED) is 0.625. The zero-order chi connectivity index (χ0) is 12.6. The fourth-order valence-corrected chi connectivity index (χ4v) is 3.48. The van der Waals surface area contributed by atoms with E-state index in [0.29, 0.717) is 16.1 Å². The number of carbonyl (C=O) groups is 1. The van der Waals surface area contributed by atoms with Crippen molar-refractivity contribution in [3.63, 3.8) is 0 Å². The molecular weight excluding hydrogens is 366 g/mol. The summed E-state index contributed by atoms with van der Waals surface area (Å²) in [6.07, 6.45) is 0. The lowest BCUT2D eigenvalue weighted by Crippen LogP contribution is -2.03. The van der Waals surface area contributed by atoms with Gasteiger partial charge in [-0.1, -0.05) is 12.1 Å². The van der Waals surface area contributed by atoms with Gasteiger partial charge in [0.1, 0.15) is 0 Å². The minimum absolute atomic E-state index is 0.00574. The van der Waals surface area contributed by atoms with E-state index in [-0.39, 0.29) is 5.78 Å². The molecule has 0 aliphatic carbocycles. The molecule has 17 heavy (non-hydrogen) atoms. The molecule has 2 nitrogen and oxygen atoms in total. The van der Waals surface area contributed by atoms with Crippen LogP contribution >= 0.6 is 43.2 Å². The van der Waals surface area contributed by atoms with Crippen LogP contribution in [0.5, 0.6) is 0 Å². The highest BCUT2D eigenvalue weighted by Crippen LogP contribution is 2.34. The van der Waals surface area contributed by atoms with Crippen molar-refractivity contribution in [1.29, 1.82) is 0 Å². The van der Waals surface area contributed by atoms with Gasteiger partial charge in [0.25, 0.3) is 0 Å². The molecule has 0 radical (unpaired) electrons. The zero-order valence-electron chi connectivity index (χ0n) is 8.96. The lowest BCUT2D eigenvalue weighted by molar-refractivity contribution is 0.104. The third-order valence-corrected chi connectivity index (χ3v) is 5.74. The van der Waals surface area contributed by atoms with Gasteiger partial charge < -0.3 is 5.73 Å². The lowest BCUT2D eigenvalue weighted by Gasteiger charge is -2.05. The zero-order valence-corrected chi connectivity index (χ0v) is 12.9. The number of nitrogen functional groups attached to an aromatic ring is 1. The number of hydrogen-bond acceptors (Lipinski definition) is 3. The van der Waals surface area contributed by atoms with E-state index in [4.69, 9.17) is 5.73 Å². The van der Waals surface area contributed by atoms with Crippen LogP contribution in [-0.2, 0) is 0 Å². The van der Waals surface area contributed by atoms with Gasteiger partial charge in [-0.15, -0.1) is 11.3 Å². The minimum atomic E-state index is 0.00574. The summed E-state index contributed by atoms with van der Waals surface area (Å²) in [5, 5.41) is 0. The first-order valence-electron chi connectivity index (χ1n) is 4.85. The Bertz CT molecular complexity index is 573. The van der Waals surface area contributed by atoms with Crippen molar-refractivity contribution < 1.29 is 4.79 Å². The van der Waals surface area contributed by atoms with Crippen LogP contribution in [0.1, 0.15) is 20.8 Å². The van der Waals surface area contributed by atoms with E-state index in [0.717, 1.165) is 13.8 Å². The van der Waals surface area contributed by atoms with Gasteiger partial charge in [0.2, 0.25) is 5.78 Å². The molecule has 1 aromatic carbocycles. The number of thiophene rings is 1. The summed E-state index contributed by atoms with van der Waals surface area (Å²) >= 11 is 8.17. The smallest absolute Gasteiger partial charge is 0.203 e. The second kappa shape index (κ2) is 4.92. The van der Waals surface area contributed by atoms with Crippen molar-refractivity contribution in [2.75, 3.05) is 5.73 Å².